The summed E-state index contributed by atoms with van der Waals surface area (Å²) in [5.74, 6) is -0.357. The summed E-state index contributed by atoms with van der Waals surface area (Å²) in [4.78, 5) is 29.7. The van der Waals surface area contributed by atoms with Crippen molar-refractivity contribution in [2.45, 2.75) is 19.9 Å². The Hall–Kier alpha value is -3.74. The predicted octanol–water partition coefficient (Wildman–Crippen LogP) is 4.31. The first-order valence-corrected chi connectivity index (χ1v) is 9.22. The third-order valence-corrected chi connectivity index (χ3v) is 4.48. The van der Waals surface area contributed by atoms with Gasteiger partial charge in [0.1, 0.15) is 5.69 Å². The Morgan fingerprint density at radius 1 is 1.14 bits per heavy atom. The monoisotopic (exact) mass is 389 g/mol. The molecule has 0 N–H and O–H groups in total. The predicted molar refractivity (Wildman–Crippen MR) is 107 cm³/mol. The second-order valence-corrected chi connectivity index (χ2v) is 6.82. The molecule has 7 nitrogen and oxygen atoms in total. The van der Waals surface area contributed by atoms with Crippen molar-refractivity contribution in [3.8, 4) is 11.5 Å². The zero-order valence-electron chi connectivity index (χ0n) is 16.0. The molecule has 0 amide bonds. The molecule has 146 valence electrons. The highest BCUT2D eigenvalue weighted by Gasteiger charge is 2.21. The molecule has 3 heterocycles. The SMILES string of the molecule is CC(C)n1ncc2c(C(=O)OCC(=O)c3ccccc3)cc(-c3ccco3)nc21. The van der Waals surface area contributed by atoms with Crippen LogP contribution in [0.2, 0.25) is 0 Å². The summed E-state index contributed by atoms with van der Waals surface area (Å²) in [5.41, 5.74) is 1.82. The molecular formula is C22H19N3O4. The molecule has 3 aromatic heterocycles. The first kappa shape index (κ1) is 18.6. The van der Waals surface area contributed by atoms with Crippen LogP contribution in [0.15, 0.2) is 65.4 Å². The molecule has 0 saturated heterocycles. The molecule has 1 aromatic carbocycles. The maximum absolute atomic E-state index is 12.8. The van der Waals surface area contributed by atoms with Crippen molar-refractivity contribution in [3.05, 3.63) is 72.1 Å². The normalized spacial score (nSPS) is 11.1. The average molecular weight is 389 g/mol. The van der Waals surface area contributed by atoms with Gasteiger partial charge in [-0.2, -0.15) is 5.10 Å². The summed E-state index contributed by atoms with van der Waals surface area (Å²) in [6.07, 6.45) is 3.13. The number of aromatic nitrogens is 3. The number of nitrogens with zero attached hydrogens (tertiary/aromatic N) is 3. The molecule has 4 rings (SSSR count). The number of esters is 1. The number of fused-ring (bicyclic) bond motifs is 1. The highest BCUT2D eigenvalue weighted by atomic mass is 16.5. The summed E-state index contributed by atoms with van der Waals surface area (Å²) >= 11 is 0. The third-order valence-electron chi connectivity index (χ3n) is 4.48. The van der Waals surface area contributed by atoms with Crippen molar-refractivity contribution < 1.29 is 18.7 Å². The summed E-state index contributed by atoms with van der Waals surface area (Å²) in [7, 11) is 0. The van der Waals surface area contributed by atoms with Crippen LogP contribution in [0.1, 0.15) is 40.6 Å². The number of benzene rings is 1. The number of carbonyl (C=O) groups excluding carboxylic acids is 2. The molecular weight excluding hydrogens is 370 g/mol. The number of furan rings is 1. The van der Waals surface area contributed by atoms with Gasteiger partial charge in [0.25, 0.3) is 0 Å². The van der Waals surface area contributed by atoms with E-state index in [1.807, 2.05) is 19.9 Å². The second-order valence-electron chi connectivity index (χ2n) is 6.82. The highest BCUT2D eigenvalue weighted by molar-refractivity contribution is 6.05. The van der Waals surface area contributed by atoms with E-state index in [0.717, 1.165) is 0 Å². The van der Waals surface area contributed by atoms with E-state index in [0.29, 0.717) is 28.1 Å². The van der Waals surface area contributed by atoms with Crippen LogP contribution in [-0.2, 0) is 4.74 Å². The molecule has 0 aliphatic carbocycles. The molecule has 0 fully saturated rings. The molecule has 0 bridgehead atoms. The van der Waals surface area contributed by atoms with Gasteiger partial charge in [0, 0.05) is 11.6 Å². The van der Waals surface area contributed by atoms with Crippen LogP contribution in [0.3, 0.4) is 0 Å². The minimum Gasteiger partial charge on any atom is -0.463 e. The van der Waals surface area contributed by atoms with Crippen molar-refractivity contribution in [1.82, 2.24) is 14.8 Å². The third kappa shape index (κ3) is 3.67. The Labute approximate surface area is 166 Å². The number of hydrogen-bond donors (Lipinski definition) is 0. The van der Waals surface area contributed by atoms with E-state index in [-0.39, 0.29) is 24.0 Å². The first-order valence-electron chi connectivity index (χ1n) is 9.22. The molecule has 0 spiro atoms. The number of carbonyl (C=O) groups is 2. The summed E-state index contributed by atoms with van der Waals surface area (Å²) in [5, 5.41) is 4.91. The van der Waals surface area contributed by atoms with E-state index < -0.39 is 5.97 Å². The minimum atomic E-state index is -0.613. The minimum absolute atomic E-state index is 0.0513. The van der Waals surface area contributed by atoms with Gasteiger partial charge in [-0.25, -0.2) is 14.5 Å². The fraction of sp³-hybridized carbons (Fsp3) is 0.182. The highest BCUT2D eigenvalue weighted by Crippen LogP contribution is 2.27. The Morgan fingerprint density at radius 2 is 1.93 bits per heavy atom. The zero-order chi connectivity index (χ0) is 20.4. The Balaban J connectivity index is 1.68. The lowest BCUT2D eigenvalue weighted by atomic mass is 10.1. The lowest BCUT2D eigenvalue weighted by molar-refractivity contribution is 0.0476. The van der Waals surface area contributed by atoms with Crippen LogP contribution in [0.5, 0.6) is 0 Å². The molecule has 0 aliphatic heterocycles. The van der Waals surface area contributed by atoms with Crippen LogP contribution in [0.25, 0.3) is 22.5 Å². The van der Waals surface area contributed by atoms with E-state index in [1.54, 1.807) is 53.3 Å². The van der Waals surface area contributed by atoms with Gasteiger partial charge in [-0.3, -0.25) is 4.79 Å². The summed E-state index contributed by atoms with van der Waals surface area (Å²) in [6, 6.07) is 13.9. The largest absolute Gasteiger partial charge is 0.463 e. The molecule has 0 saturated carbocycles. The molecule has 0 aliphatic rings. The van der Waals surface area contributed by atoms with Crippen molar-refractivity contribution in [3.63, 3.8) is 0 Å². The number of Topliss-reactive ketones (excluding diaryl/α,β-unsaturated/α-hetero) is 1. The maximum Gasteiger partial charge on any atom is 0.339 e. The van der Waals surface area contributed by atoms with E-state index >= 15 is 0 Å². The van der Waals surface area contributed by atoms with Crippen molar-refractivity contribution in [1.29, 1.82) is 0 Å². The van der Waals surface area contributed by atoms with Gasteiger partial charge in [-0.1, -0.05) is 30.3 Å². The van der Waals surface area contributed by atoms with Crippen LogP contribution >= 0.6 is 0 Å². The van der Waals surface area contributed by atoms with Crippen molar-refractivity contribution in [2.24, 2.45) is 0 Å². The number of hydrogen-bond acceptors (Lipinski definition) is 6. The zero-order valence-corrected chi connectivity index (χ0v) is 16.0. The van der Waals surface area contributed by atoms with Crippen LogP contribution in [0, 0.1) is 0 Å². The molecule has 0 unspecified atom stereocenters. The maximum atomic E-state index is 12.8. The quantitative estimate of drug-likeness (QED) is 0.361. The number of rotatable bonds is 6. The van der Waals surface area contributed by atoms with Gasteiger partial charge < -0.3 is 9.15 Å². The molecule has 0 radical (unpaired) electrons. The lowest BCUT2D eigenvalue weighted by Gasteiger charge is -2.10. The summed E-state index contributed by atoms with van der Waals surface area (Å²) < 4.78 is 12.5. The van der Waals surface area contributed by atoms with Gasteiger partial charge >= 0.3 is 5.97 Å². The summed E-state index contributed by atoms with van der Waals surface area (Å²) in [6.45, 7) is 3.61. The van der Waals surface area contributed by atoms with Gasteiger partial charge in [0.05, 0.1) is 23.4 Å². The Morgan fingerprint density at radius 3 is 2.62 bits per heavy atom. The molecule has 0 atom stereocenters. The standard InChI is InChI=1S/C22H19N3O4/c1-14(2)25-21-17(12-23-25)16(11-18(24-21)20-9-6-10-28-20)22(27)29-13-19(26)15-7-4-3-5-8-15/h3-12,14H,13H2,1-2H3. The van der Waals surface area contributed by atoms with Crippen LogP contribution < -0.4 is 0 Å². The molecule has 29 heavy (non-hydrogen) atoms. The van der Waals surface area contributed by atoms with E-state index in [1.165, 1.54) is 6.26 Å². The first-order chi connectivity index (χ1) is 14.0. The van der Waals surface area contributed by atoms with Crippen molar-refractivity contribution >= 4 is 22.8 Å². The van der Waals surface area contributed by atoms with Gasteiger partial charge in [0.15, 0.2) is 23.8 Å². The number of ketones is 1. The second kappa shape index (κ2) is 7.71. The number of ether oxygens (including phenoxy) is 1. The number of pyridine rings is 1. The van der Waals surface area contributed by atoms with E-state index in [4.69, 9.17) is 9.15 Å². The van der Waals surface area contributed by atoms with Gasteiger partial charge in [0.2, 0.25) is 0 Å². The van der Waals surface area contributed by atoms with Gasteiger partial charge in [-0.15, -0.1) is 0 Å². The van der Waals surface area contributed by atoms with E-state index in [2.05, 4.69) is 10.1 Å². The average Bonchev–Trinajstić information content (AvgIpc) is 3.41. The topological polar surface area (TPSA) is 87.2 Å². The van der Waals surface area contributed by atoms with Gasteiger partial charge in [-0.05, 0) is 32.0 Å². The van der Waals surface area contributed by atoms with Crippen LogP contribution in [0.4, 0.5) is 0 Å². The fourth-order valence-electron chi connectivity index (χ4n) is 3.03. The molecule has 7 heteroatoms. The van der Waals surface area contributed by atoms with Crippen LogP contribution in [-0.4, -0.2) is 33.1 Å². The van der Waals surface area contributed by atoms with E-state index in [9.17, 15) is 9.59 Å². The molecule has 4 aromatic rings. The smallest absolute Gasteiger partial charge is 0.339 e. The Kier molecular flexibility index (Phi) is 4.95. The van der Waals surface area contributed by atoms with Crippen molar-refractivity contribution in [2.75, 3.05) is 6.61 Å². The Bertz CT molecular complexity index is 1160. The fourth-order valence-corrected chi connectivity index (χ4v) is 3.03. The lowest BCUT2D eigenvalue weighted by Crippen LogP contribution is -2.15.